The second kappa shape index (κ2) is 6.29. The summed E-state index contributed by atoms with van der Waals surface area (Å²) in [6.07, 6.45) is -4.16. The highest BCUT2D eigenvalue weighted by molar-refractivity contribution is 5.77. The molecule has 1 fully saturated rings. The van der Waals surface area contributed by atoms with Crippen molar-refractivity contribution in [2.45, 2.75) is 12.7 Å². The Morgan fingerprint density at radius 2 is 1.74 bits per heavy atom. The average molecular weight is 326 g/mol. The van der Waals surface area contributed by atoms with E-state index in [1.54, 1.807) is 18.2 Å². The predicted molar refractivity (Wildman–Crippen MR) is 80.1 cm³/mol. The van der Waals surface area contributed by atoms with Crippen molar-refractivity contribution >= 4 is 10.9 Å². The van der Waals surface area contributed by atoms with Crippen LogP contribution >= 0.6 is 0 Å². The number of hydrogen-bond donors (Lipinski definition) is 1. The number of aromatic amines is 1. The molecule has 0 amide bonds. The Bertz CT molecular complexity index is 735. The van der Waals surface area contributed by atoms with Gasteiger partial charge in [-0.15, -0.1) is 0 Å². The van der Waals surface area contributed by atoms with Crippen LogP contribution in [0.1, 0.15) is 5.82 Å². The molecule has 0 unspecified atom stereocenters. The Morgan fingerprint density at radius 1 is 1.09 bits per heavy atom. The molecular weight excluding hydrogens is 309 g/mol. The fourth-order valence-corrected chi connectivity index (χ4v) is 2.78. The van der Waals surface area contributed by atoms with Gasteiger partial charge in [0.2, 0.25) is 0 Å². The number of H-pyrrole nitrogens is 1. The van der Waals surface area contributed by atoms with E-state index in [1.165, 1.54) is 4.90 Å². The molecule has 1 saturated heterocycles. The normalized spacial score (nSPS) is 17.7. The van der Waals surface area contributed by atoms with Gasteiger partial charge in [-0.25, -0.2) is 4.98 Å². The summed E-state index contributed by atoms with van der Waals surface area (Å²) in [5, 5.41) is 0.534. The van der Waals surface area contributed by atoms with Gasteiger partial charge in [-0.2, -0.15) is 13.2 Å². The first-order valence-electron chi connectivity index (χ1n) is 7.40. The van der Waals surface area contributed by atoms with Gasteiger partial charge in [-0.1, -0.05) is 12.1 Å². The SMILES string of the molecule is O=c1[nH]c(CN2CCN(CC(F)(F)F)CC2)nc2ccccc12. The van der Waals surface area contributed by atoms with Crippen LogP contribution < -0.4 is 5.56 Å². The third kappa shape index (κ3) is 4.08. The van der Waals surface area contributed by atoms with Crippen molar-refractivity contribution in [3.05, 3.63) is 40.4 Å². The third-order valence-electron chi connectivity index (χ3n) is 3.90. The monoisotopic (exact) mass is 326 g/mol. The van der Waals surface area contributed by atoms with Crippen molar-refractivity contribution in [1.29, 1.82) is 0 Å². The summed E-state index contributed by atoms with van der Waals surface area (Å²) in [4.78, 5) is 22.6. The molecule has 0 atom stereocenters. The zero-order valence-corrected chi connectivity index (χ0v) is 12.4. The van der Waals surface area contributed by atoms with Gasteiger partial charge in [0, 0.05) is 26.2 Å². The molecule has 0 saturated carbocycles. The Kier molecular flexibility index (Phi) is 4.36. The Labute approximate surface area is 130 Å². The van der Waals surface area contributed by atoms with Crippen molar-refractivity contribution in [2.75, 3.05) is 32.7 Å². The van der Waals surface area contributed by atoms with Gasteiger partial charge in [0.25, 0.3) is 5.56 Å². The summed E-state index contributed by atoms with van der Waals surface area (Å²) >= 11 is 0. The first-order valence-corrected chi connectivity index (χ1v) is 7.40. The van der Waals surface area contributed by atoms with E-state index >= 15 is 0 Å². The molecule has 23 heavy (non-hydrogen) atoms. The first-order chi connectivity index (χ1) is 10.9. The van der Waals surface area contributed by atoms with Crippen molar-refractivity contribution < 1.29 is 13.2 Å². The number of aromatic nitrogens is 2. The van der Waals surface area contributed by atoms with Crippen LogP contribution in [0.5, 0.6) is 0 Å². The van der Waals surface area contributed by atoms with Crippen LogP contribution in [0.15, 0.2) is 29.1 Å². The molecular formula is C15H17F3N4O. The number of rotatable bonds is 3. The lowest BCUT2D eigenvalue weighted by Gasteiger charge is -2.34. The van der Waals surface area contributed by atoms with Crippen LogP contribution in [0.2, 0.25) is 0 Å². The van der Waals surface area contributed by atoms with Gasteiger partial charge in [-0.3, -0.25) is 14.6 Å². The Morgan fingerprint density at radius 3 is 2.43 bits per heavy atom. The molecule has 2 heterocycles. The van der Waals surface area contributed by atoms with Crippen molar-refractivity contribution in [3.63, 3.8) is 0 Å². The highest BCUT2D eigenvalue weighted by atomic mass is 19.4. The van der Waals surface area contributed by atoms with Crippen molar-refractivity contribution in [1.82, 2.24) is 19.8 Å². The van der Waals surface area contributed by atoms with Crippen LogP contribution in [0.3, 0.4) is 0 Å². The molecule has 5 nitrogen and oxygen atoms in total. The Hall–Kier alpha value is -1.93. The molecule has 0 bridgehead atoms. The van der Waals surface area contributed by atoms with Gasteiger partial charge >= 0.3 is 6.18 Å². The van der Waals surface area contributed by atoms with Gasteiger partial charge in [-0.05, 0) is 12.1 Å². The Balaban J connectivity index is 1.64. The lowest BCUT2D eigenvalue weighted by atomic mass is 10.2. The maximum Gasteiger partial charge on any atom is 0.401 e. The second-order valence-corrected chi connectivity index (χ2v) is 5.70. The first kappa shape index (κ1) is 15.9. The van der Waals surface area contributed by atoms with E-state index in [-0.39, 0.29) is 5.56 Å². The zero-order valence-electron chi connectivity index (χ0n) is 12.4. The van der Waals surface area contributed by atoms with E-state index in [0.717, 1.165) is 0 Å². The fraction of sp³-hybridized carbons (Fsp3) is 0.467. The summed E-state index contributed by atoms with van der Waals surface area (Å²) in [7, 11) is 0. The number of fused-ring (bicyclic) bond motifs is 1. The van der Waals surface area contributed by atoms with Crippen LogP contribution in [-0.2, 0) is 6.54 Å². The summed E-state index contributed by atoms with van der Waals surface area (Å²) in [5.74, 6) is 0.540. The van der Waals surface area contributed by atoms with Gasteiger partial charge < -0.3 is 4.98 Å². The minimum Gasteiger partial charge on any atom is -0.309 e. The number of halogens is 3. The van der Waals surface area contributed by atoms with E-state index in [0.29, 0.717) is 49.5 Å². The van der Waals surface area contributed by atoms with Crippen LogP contribution in [0.25, 0.3) is 10.9 Å². The molecule has 8 heteroatoms. The smallest absolute Gasteiger partial charge is 0.309 e. The summed E-state index contributed by atoms with van der Waals surface area (Å²) in [6.45, 7) is 1.32. The number of piperazine rings is 1. The van der Waals surface area contributed by atoms with Crippen molar-refractivity contribution in [3.8, 4) is 0 Å². The van der Waals surface area contributed by atoms with Crippen molar-refractivity contribution in [2.24, 2.45) is 0 Å². The molecule has 124 valence electrons. The number of benzene rings is 1. The molecule has 1 aliphatic rings. The summed E-state index contributed by atoms with van der Waals surface area (Å²) < 4.78 is 37.1. The van der Waals surface area contributed by atoms with Crippen LogP contribution in [-0.4, -0.2) is 58.7 Å². The zero-order chi connectivity index (χ0) is 16.4. The maximum absolute atomic E-state index is 12.4. The fourth-order valence-electron chi connectivity index (χ4n) is 2.78. The topological polar surface area (TPSA) is 52.2 Å². The second-order valence-electron chi connectivity index (χ2n) is 5.70. The maximum atomic E-state index is 12.4. The molecule has 2 aromatic rings. The highest BCUT2D eigenvalue weighted by Gasteiger charge is 2.32. The highest BCUT2D eigenvalue weighted by Crippen LogP contribution is 2.17. The standard InChI is InChI=1S/C15H17F3N4O/c16-15(17,18)10-22-7-5-21(6-8-22)9-13-19-12-4-2-1-3-11(12)14(23)20-13/h1-4H,5-10H2,(H,19,20,23). The number of alkyl halides is 3. The molecule has 3 rings (SSSR count). The predicted octanol–water partition coefficient (Wildman–Crippen LogP) is 1.60. The van der Waals surface area contributed by atoms with E-state index < -0.39 is 12.7 Å². The number of para-hydroxylation sites is 1. The lowest BCUT2D eigenvalue weighted by Crippen LogP contribution is -2.48. The molecule has 0 radical (unpaired) electrons. The van der Waals surface area contributed by atoms with Crippen LogP contribution in [0.4, 0.5) is 13.2 Å². The quantitative estimate of drug-likeness (QED) is 0.931. The van der Waals surface area contributed by atoms with Gasteiger partial charge in [0.1, 0.15) is 5.82 Å². The molecule has 1 N–H and O–H groups in total. The summed E-state index contributed by atoms with van der Waals surface area (Å²) in [5.41, 5.74) is 0.434. The van der Waals surface area contributed by atoms with E-state index in [4.69, 9.17) is 0 Å². The molecule has 1 aromatic carbocycles. The summed E-state index contributed by atoms with van der Waals surface area (Å²) in [6, 6.07) is 7.07. The lowest BCUT2D eigenvalue weighted by molar-refractivity contribution is -0.149. The third-order valence-corrected chi connectivity index (χ3v) is 3.90. The van der Waals surface area contributed by atoms with E-state index in [2.05, 4.69) is 9.97 Å². The minimum absolute atomic E-state index is 0.193. The van der Waals surface area contributed by atoms with E-state index in [1.807, 2.05) is 11.0 Å². The number of nitrogens with one attached hydrogen (secondary N) is 1. The van der Waals surface area contributed by atoms with Gasteiger partial charge in [0.15, 0.2) is 0 Å². The van der Waals surface area contributed by atoms with Gasteiger partial charge in [0.05, 0.1) is 24.0 Å². The average Bonchev–Trinajstić information content (AvgIpc) is 2.48. The number of nitrogens with zero attached hydrogens (tertiary/aromatic N) is 3. The number of hydrogen-bond acceptors (Lipinski definition) is 4. The molecule has 0 aliphatic carbocycles. The van der Waals surface area contributed by atoms with E-state index in [9.17, 15) is 18.0 Å². The molecule has 0 spiro atoms. The van der Waals surface area contributed by atoms with Crippen LogP contribution in [0, 0.1) is 0 Å². The molecule has 1 aromatic heterocycles. The largest absolute Gasteiger partial charge is 0.401 e. The minimum atomic E-state index is -4.16. The molecule has 1 aliphatic heterocycles.